The quantitative estimate of drug-likeness (QED) is 0.522. The lowest BCUT2D eigenvalue weighted by Gasteiger charge is -2.37. The Kier molecular flexibility index (Phi) is 3.13. The van der Waals surface area contributed by atoms with Gasteiger partial charge in [0, 0.05) is 6.07 Å². The number of anilines is 1. The van der Waals surface area contributed by atoms with Crippen LogP contribution < -0.4 is 5.32 Å². The van der Waals surface area contributed by atoms with Gasteiger partial charge in [0.15, 0.2) is 0 Å². The molecule has 3 rings (SSSR count). The maximum atomic E-state index is 12.9. The number of carbonyl (C=O) groups excluding carboxylic acids is 1. The summed E-state index contributed by atoms with van der Waals surface area (Å²) < 4.78 is 0. The van der Waals surface area contributed by atoms with Crippen molar-refractivity contribution in [1.82, 2.24) is 0 Å². The Morgan fingerprint density at radius 1 is 1.41 bits per heavy atom. The predicted molar refractivity (Wildman–Crippen MR) is 84.4 cm³/mol. The SMILES string of the molecule is C=C1C(C)(C)[C@H]2CC[C@]1(C(=O)Nc1ccccc1[N+](=O)[O-])C2. The molecular formula is C17H20N2O3. The number of hydrogen-bond donors (Lipinski definition) is 1. The second kappa shape index (κ2) is 4.66. The zero-order chi connectivity index (χ0) is 16.1. The molecule has 2 aliphatic carbocycles. The van der Waals surface area contributed by atoms with Crippen LogP contribution in [-0.4, -0.2) is 10.8 Å². The van der Waals surface area contributed by atoms with E-state index in [1.807, 2.05) is 0 Å². The van der Waals surface area contributed by atoms with E-state index in [9.17, 15) is 14.9 Å². The van der Waals surface area contributed by atoms with Crippen LogP contribution in [0.1, 0.15) is 33.1 Å². The Hall–Kier alpha value is -2.17. The number of nitrogens with one attached hydrogen (secondary N) is 1. The van der Waals surface area contributed by atoms with E-state index < -0.39 is 10.3 Å². The summed E-state index contributed by atoms with van der Waals surface area (Å²) in [7, 11) is 0. The van der Waals surface area contributed by atoms with Gasteiger partial charge in [0.25, 0.3) is 5.69 Å². The van der Waals surface area contributed by atoms with Crippen LogP contribution in [0, 0.1) is 26.9 Å². The van der Waals surface area contributed by atoms with E-state index in [1.165, 1.54) is 6.07 Å². The fraction of sp³-hybridized carbons (Fsp3) is 0.471. The molecule has 2 atom stereocenters. The van der Waals surface area contributed by atoms with Gasteiger partial charge in [0.2, 0.25) is 5.91 Å². The molecule has 0 radical (unpaired) electrons. The summed E-state index contributed by atoms with van der Waals surface area (Å²) in [6.45, 7) is 8.46. The van der Waals surface area contributed by atoms with Crippen LogP contribution in [0.25, 0.3) is 0 Å². The maximum absolute atomic E-state index is 12.9. The maximum Gasteiger partial charge on any atom is 0.292 e. The molecule has 2 fully saturated rings. The Morgan fingerprint density at radius 2 is 2.09 bits per heavy atom. The third-order valence-corrected chi connectivity index (χ3v) is 5.67. The van der Waals surface area contributed by atoms with Gasteiger partial charge < -0.3 is 5.32 Å². The van der Waals surface area contributed by atoms with E-state index in [2.05, 4.69) is 25.7 Å². The summed E-state index contributed by atoms with van der Waals surface area (Å²) >= 11 is 0. The van der Waals surface area contributed by atoms with Gasteiger partial charge in [0.05, 0.1) is 10.3 Å². The number of para-hydroxylation sites is 2. The molecule has 1 N–H and O–H groups in total. The molecule has 2 bridgehead atoms. The summed E-state index contributed by atoms with van der Waals surface area (Å²) in [6.07, 6.45) is 2.59. The third-order valence-electron chi connectivity index (χ3n) is 5.67. The Bertz CT molecular complexity index is 680. The molecule has 0 aliphatic heterocycles. The largest absolute Gasteiger partial charge is 0.320 e. The third kappa shape index (κ3) is 1.88. The summed E-state index contributed by atoms with van der Waals surface area (Å²) in [4.78, 5) is 23.5. The molecular weight excluding hydrogens is 280 g/mol. The van der Waals surface area contributed by atoms with E-state index in [0.29, 0.717) is 5.92 Å². The first-order valence-electron chi connectivity index (χ1n) is 7.54. The highest BCUT2D eigenvalue weighted by molar-refractivity contribution is 6.00. The molecule has 5 nitrogen and oxygen atoms in total. The Labute approximate surface area is 129 Å². The van der Waals surface area contributed by atoms with Gasteiger partial charge in [-0.1, -0.05) is 38.1 Å². The number of rotatable bonds is 3. The normalized spacial score (nSPS) is 28.6. The highest BCUT2D eigenvalue weighted by Crippen LogP contribution is 2.65. The van der Waals surface area contributed by atoms with Crippen LogP contribution in [0.3, 0.4) is 0 Å². The van der Waals surface area contributed by atoms with E-state index in [-0.39, 0.29) is 22.7 Å². The zero-order valence-corrected chi connectivity index (χ0v) is 12.9. The number of carbonyl (C=O) groups is 1. The van der Waals surface area contributed by atoms with Crippen molar-refractivity contribution in [2.45, 2.75) is 33.1 Å². The molecule has 2 aliphatic rings. The van der Waals surface area contributed by atoms with Gasteiger partial charge >= 0.3 is 0 Å². The molecule has 22 heavy (non-hydrogen) atoms. The lowest BCUT2D eigenvalue weighted by atomic mass is 9.68. The minimum atomic E-state index is -0.572. The molecule has 0 saturated heterocycles. The highest BCUT2D eigenvalue weighted by Gasteiger charge is 2.60. The lowest BCUT2D eigenvalue weighted by Crippen LogP contribution is -2.37. The molecule has 0 aromatic heterocycles. The fourth-order valence-corrected chi connectivity index (χ4v) is 4.12. The van der Waals surface area contributed by atoms with Gasteiger partial charge in [-0.25, -0.2) is 0 Å². The number of benzene rings is 1. The number of hydrogen-bond acceptors (Lipinski definition) is 3. The molecule has 116 valence electrons. The number of fused-ring (bicyclic) bond motifs is 2. The van der Waals surface area contributed by atoms with Gasteiger partial charge in [-0.15, -0.1) is 0 Å². The zero-order valence-electron chi connectivity index (χ0n) is 12.9. The molecule has 2 saturated carbocycles. The van der Waals surface area contributed by atoms with Crippen LogP contribution in [-0.2, 0) is 4.79 Å². The van der Waals surface area contributed by atoms with Crippen molar-refractivity contribution < 1.29 is 9.72 Å². The van der Waals surface area contributed by atoms with Crippen molar-refractivity contribution in [3.05, 3.63) is 46.5 Å². The number of nitrogens with zero attached hydrogens (tertiary/aromatic N) is 1. The molecule has 5 heteroatoms. The van der Waals surface area contributed by atoms with Crippen LogP contribution in [0.15, 0.2) is 36.4 Å². The highest BCUT2D eigenvalue weighted by atomic mass is 16.6. The Morgan fingerprint density at radius 3 is 2.68 bits per heavy atom. The van der Waals surface area contributed by atoms with Crippen molar-refractivity contribution in [3.8, 4) is 0 Å². The van der Waals surface area contributed by atoms with Crippen molar-refractivity contribution in [3.63, 3.8) is 0 Å². The summed E-state index contributed by atoms with van der Waals surface area (Å²) in [5, 5.41) is 13.9. The predicted octanol–water partition coefficient (Wildman–Crippen LogP) is 3.92. The monoisotopic (exact) mass is 300 g/mol. The van der Waals surface area contributed by atoms with E-state index >= 15 is 0 Å². The van der Waals surface area contributed by atoms with Crippen molar-refractivity contribution in [2.24, 2.45) is 16.7 Å². The van der Waals surface area contributed by atoms with Crippen LogP contribution in [0.2, 0.25) is 0 Å². The van der Waals surface area contributed by atoms with Crippen LogP contribution in [0.5, 0.6) is 0 Å². The molecule has 0 spiro atoms. The fourth-order valence-electron chi connectivity index (χ4n) is 4.12. The van der Waals surface area contributed by atoms with E-state index in [1.54, 1.807) is 18.2 Å². The van der Waals surface area contributed by atoms with Gasteiger partial charge in [-0.2, -0.15) is 0 Å². The lowest BCUT2D eigenvalue weighted by molar-refractivity contribution is -0.383. The standard InChI is InChI=1S/C17H20N2O3/c1-11-16(2,3)12-8-9-17(11,10-12)15(20)18-13-6-4-5-7-14(13)19(21)22/h4-7,12H,1,8-10H2,2-3H3,(H,18,20)/t12-,17-/m0/s1. The van der Waals surface area contributed by atoms with Crippen molar-refractivity contribution >= 4 is 17.3 Å². The molecule has 0 heterocycles. The number of nitro benzene ring substituents is 1. The number of nitro groups is 1. The van der Waals surface area contributed by atoms with Crippen molar-refractivity contribution in [2.75, 3.05) is 5.32 Å². The van der Waals surface area contributed by atoms with Crippen LogP contribution >= 0.6 is 0 Å². The summed E-state index contributed by atoms with van der Waals surface area (Å²) in [6, 6.07) is 6.25. The second-order valence-corrected chi connectivity index (χ2v) is 6.95. The van der Waals surface area contributed by atoms with Gasteiger partial charge in [-0.05, 0) is 36.7 Å². The molecule has 1 amide bonds. The summed E-state index contributed by atoms with van der Waals surface area (Å²) in [5.41, 5.74) is 0.528. The van der Waals surface area contributed by atoms with E-state index in [4.69, 9.17) is 0 Å². The molecule has 0 unspecified atom stereocenters. The Balaban J connectivity index is 1.91. The first-order chi connectivity index (χ1) is 10.3. The first kappa shape index (κ1) is 14.8. The second-order valence-electron chi connectivity index (χ2n) is 6.95. The number of amides is 1. The smallest absolute Gasteiger partial charge is 0.292 e. The summed E-state index contributed by atoms with van der Waals surface area (Å²) in [5.74, 6) is 0.316. The van der Waals surface area contributed by atoms with Crippen LogP contribution in [0.4, 0.5) is 11.4 Å². The average Bonchev–Trinajstić information content (AvgIpc) is 2.99. The van der Waals surface area contributed by atoms with Gasteiger partial charge in [-0.3, -0.25) is 14.9 Å². The van der Waals surface area contributed by atoms with Crippen molar-refractivity contribution in [1.29, 1.82) is 0 Å². The van der Waals surface area contributed by atoms with Gasteiger partial charge in [0.1, 0.15) is 5.69 Å². The topological polar surface area (TPSA) is 72.2 Å². The average molecular weight is 300 g/mol. The minimum Gasteiger partial charge on any atom is -0.320 e. The minimum absolute atomic E-state index is 0.0434. The molecule has 1 aromatic rings. The first-order valence-corrected chi connectivity index (χ1v) is 7.54. The van der Waals surface area contributed by atoms with E-state index in [0.717, 1.165) is 24.8 Å². The molecule has 1 aromatic carbocycles.